The molecular weight excluding hydrogens is 312 g/mol. The van der Waals surface area contributed by atoms with E-state index in [4.69, 9.17) is 5.11 Å². The standard InChI is InChI=1S/C18H36O2.C3H6N2/c1-2-3-4-5-6-7-8-9-10-11-12-13-14-15-16-17-18(19)20;1-2-5-3-4-1/h2-17H2,1H3,(H,19,20);3H,1-2H2,(H,4,5). The Morgan fingerprint density at radius 3 is 1.56 bits per heavy atom. The topological polar surface area (TPSA) is 61.7 Å². The van der Waals surface area contributed by atoms with Crippen molar-refractivity contribution in [1.29, 1.82) is 0 Å². The lowest BCUT2D eigenvalue weighted by molar-refractivity contribution is -0.137. The molecule has 0 spiro atoms. The van der Waals surface area contributed by atoms with E-state index in [1.54, 1.807) is 6.34 Å². The van der Waals surface area contributed by atoms with Gasteiger partial charge in [-0.15, -0.1) is 0 Å². The first-order valence-corrected chi connectivity index (χ1v) is 10.7. The molecule has 1 aliphatic heterocycles. The van der Waals surface area contributed by atoms with E-state index in [-0.39, 0.29) is 0 Å². The summed E-state index contributed by atoms with van der Waals surface area (Å²) in [5.41, 5.74) is 0. The van der Waals surface area contributed by atoms with Gasteiger partial charge in [0.25, 0.3) is 0 Å². The highest BCUT2D eigenvalue weighted by Crippen LogP contribution is 2.13. The van der Waals surface area contributed by atoms with Crippen molar-refractivity contribution in [3.05, 3.63) is 0 Å². The first-order valence-electron chi connectivity index (χ1n) is 10.7. The third kappa shape index (κ3) is 22.9. The number of nitrogens with one attached hydrogen (secondary N) is 1. The molecule has 0 saturated carbocycles. The van der Waals surface area contributed by atoms with Crippen LogP contribution in [-0.2, 0) is 4.79 Å². The molecule has 0 aromatic rings. The van der Waals surface area contributed by atoms with E-state index in [0.29, 0.717) is 6.42 Å². The fourth-order valence-electron chi connectivity index (χ4n) is 2.97. The summed E-state index contributed by atoms with van der Waals surface area (Å²) >= 11 is 0. The number of aliphatic imine (C=N–C) groups is 1. The molecule has 25 heavy (non-hydrogen) atoms. The third-order valence-electron chi connectivity index (χ3n) is 4.56. The molecule has 0 amide bonds. The Morgan fingerprint density at radius 2 is 1.28 bits per heavy atom. The zero-order chi connectivity index (χ0) is 18.4. The van der Waals surface area contributed by atoms with Crippen molar-refractivity contribution < 1.29 is 9.90 Å². The summed E-state index contributed by atoms with van der Waals surface area (Å²) in [6, 6.07) is 0. The Bertz CT molecular complexity index is 300. The summed E-state index contributed by atoms with van der Waals surface area (Å²) in [6.45, 7) is 4.26. The molecule has 0 aromatic carbocycles. The predicted molar refractivity (Wildman–Crippen MR) is 109 cm³/mol. The van der Waals surface area contributed by atoms with E-state index in [1.165, 1.54) is 83.5 Å². The summed E-state index contributed by atoms with van der Waals surface area (Å²) in [7, 11) is 0. The first-order chi connectivity index (χ1) is 12.3. The number of carboxylic acids is 1. The Labute approximate surface area is 155 Å². The van der Waals surface area contributed by atoms with Crippen LogP contribution in [0, 0.1) is 0 Å². The molecule has 0 bridgehead atoms. The Kier molecular flexibility index (Phi) is 20.1. The van der Waals surface area contributed by atoms with Crippen LogP contribution in [0.3, 0.4) is 0 Å². The van der Waals surface area contributed by atoms with E-state index in [2.05, 4.69) is 17.2 Å². The summed E-state index contributed by atoms with van der Waals surface area (Å²) in [5, 5.41) is 11.4. The molecule has 0 saturated heterocycles. The van der Waals surface area contributed by atoms with Gasteiger partial charge in [0.1, 0.15) is 0 Å². The second kappa shape index (κ2) is 21.0. The van der Waals surface area contributed by atoms with Crippen molar-refractivity contribution in [3.63, 3.8) is 0 Å². The zero-order valence-electron chi connectivity index (χ0n) is 16.6. The van der Waals surface area contributed by atoms with Gasteiger partial charge < -0.3 is 10.4 Å². The number of hydrogen-bond acceptors (Lipinski definition) is 3. The molecule has 0 atom stereocenters. The number of hydrogen-bond donors (Lipinski definition) is 2. The SMILES string of the molecule is C1=NCCN1.CCCCCCCCCCCCCCCCCC(=O)O. The van der Waals surface area contributed by atoms with Crippen LogP contribution in [0.15, 0.2) is 4.99 Å². The lowest BCUT2D eigenvalue weighted by Gasteiger charge is -2.03. The number of unbranched alkanes of at least 4 members (excludes halogenated alkanes) is 14. The van der Waals surface area contributed by atoms with E-state index in [1.807, 2.05) is 0 Å². The Hall–Kier alpha value is -1.06. The van der Waals surface area contributed by atoms with Crippen LogP contribution in [0.2, 0.25) is 0 Å². The van der Waals surface area contributed by atoms with E-state index < -0.39 is 5.97 Å². The summed E-state index contributed by atoms with van der Waals surface area (Å²) in [6.07, 6.45) is 21.9. The molecule has 0 unspecified atom stereocenters. The molecular formula is C21H42N2O2. The van der Waals surface area contributed by atoms with E-state index >= 15 is 0 Å². The average molecular weight is 355 g/mol. The van der Waals surface area contributed by atoms with Crippen molar-refractivity contribution in [2.75, 3.05) is 13.1 Å². The van der Waals surface area contributed by atoms with Crippen LogP contribution in [0.1, 0.15) is 110 Å². The summed E-state index contributed by atoms with van der Waals surface area (Å²) in [5.74, 6) is -0.653. The highest BCUT2D eigenvalue weighted by atomic mass is 16.4. The van der Waals surface area contributed by atoms with Crippen LogP contribution in [-0.4, -0.2) is 30.5 Å². The highest BCUT2D eigenvalue weighted by molar-refractivity contribution is 5.66. The van der Waals surface area contributed by atoms with Gasteiger partial charge in [-0.05, 0) is 6.42 Å². The van der Waals surface area contributed by atoms with Gasteiger partial charge in [-0.2, -0.15) is 0 Å². The van der Waals surface area contributed by atoms with Crippen LogP contribution in [0.4, 0.5) is 0 Å². The minimum Gasteiger partial charge on any atom is -0.481 e. The number of carboxylic acid groups (broad SMARTS) is 1. The largest absolute Gasteiger partial charge is 0.481 e. The molecule has 1 aliphatic rings. The second-order valence-electron chi connectivity index (χ2n) is 7.08. The average Bonchev–Trinajstić information content (AvgIpc) is 3.18. The van der Waals surface area contributed by atoms with Gasteiger partial charge >= 0.3 is 5.97 Å². The molecule has 0 radical (unpaired) electrons. The van der Waals surface area contributed by atoms with Crippen molar-refractivity contribution in [3.8, 4) is 0 Å². The van der Waals surface area contributed by atoms with E-state index in [9.17, 15) is 4.79 Å². The van der Waals surface area contributed by atoms with Crippen molar-refractivity contribution in [1.82, 2.24) is 5.32 Å². The smallest absolute Gasteiger partial charge is 0.303 e. The minimum absolute atomic E-state index is 0.345. The van der Waals surface area contributed by atoms with Crippen molar-refractivity contribution >= 4 is 12.3 Å². The summed E-state index contributed by atoms with van der Waals surface area (Å²) < 4.78 is 0. The fourth-order valence-corrected chi connectivity index (χ4v) is 2.97. The molecule has 4 nitrogen and oxygen atoms in total. The molecule has 2 N–H and O–H groups in total. The van der Waals surface area contributed by atoms with Crippen LogP contribution in [0.5, 0.6) is 0 Å². The molecule has 1 heterocycles. The second-order valence-corrected chi connectivity index (χ2v) is 7.08. The lowest BCUT2D eigenvalue weighted by atomic mass is 10.0. The first kappa shape index (κ1) is 23.9. The maximum atomic E-state index is 10.3. The summed E-state index contributed by atoms with van der Waals surface area (Å²) in [4.78, 5) is 14.2. The Morgan fingerprint density at radius 1 is 0.840 bits per heavy atom. The van der Waals surface area contributed by atoms with Gasteiger partial charge in [0.2, 0.25) is 0 Å². The quantitative estimate of drug-likeness (QED) is 0.337. The van der Waals surface area contributed by atoms with Gasteiger partial charge in [0.15, 0.2) is 0 Å². The molecule has 148 valence electrons. The van der Waals surface area contributed by atoms with Gasteiger partial charge in [0, 0.05) is 13.0 Å². The van der Waals surface area contributed by atoms with E-state index in [0.717, 1.165) is 25.9 Å². The van der Waals surface area contributed by atoms with Gasteiger partial charge in [-0.3, -0.25) is 9.79 Å². The number of aliphatic carboxylic acids is 1. The highest BCUT2D eigenvalue weighted by Gasteiger charge is 1.97. The normalized spacial score (nSPS) is 12.5. The van der Waals surface area contributed by atoms with Crippen LogP contribution >= 0.6 is 0 Å². The van der Waals surface area contributed by atoms with Crippen molar-refractivity contribution in [2.45, 2.75) is 110 Å². The molecule has 0 fully saturated rings. The number of nitrogens with zero attached hydrogens (tertiary/aromatic N) is 1. The molecule has 0 aliphatic carbocycles. The zero-order valence-corrected chi connectivity index (χ0v) is 16.6. The molecule has 4 heteroatoms. The van der Waals surface area contributed by atoms with Gasteiger partial charge in [0.05, 0.1) is 12.9 Å². The Balaban J connectivity index is 0.000000972. The monoisotopic (exact) mass is 354 g/mol. The maximum absolute atomic E-state index is 10.3. The van der Waals surface area contributed by atoms with Crippen LogP contribution in [0.25, 0.3) is 0 Å². The number of carbonyl (C=O) groups is 1. The van der Waals surface area contributed by atoms with Gasteiger partial charge in [-0.1, -0.05) is 96.8 Å². The molecule has 0 aromatic heterocycles. The van der Waals surface area contributed by atoms with Crippen molar-refractivity contribution in [2.24, 2.45) is 4.99 Å². The predicted octanol–water partition coefficient (Wildman–Crippen LogP) is 5.95. The maximum Gasteiger partial charge on any atom is 0.303 e. The minimum atomic E-state index is -0.653. The van der Waals surface area contributed by atoms with Gasteiger partial charge in [-0.25, -0.2) is 0 Å². The number of rotatable bonds is 16. The lowest BCUT2D eigenvalue weighted by Crippen LogP contribution is -2.04. The third-order valence-corrected chi connectivity index (χ3v) is 4.56. The van der Waals surface area contributed by atoms with Crippen LogP contribution < -0.4 is 5.32 Å². The molecule has 1 rings (SSSR count). The fraction of sp³-hybridized carbons (Fsp3) is 0.905.